The predicted octanol–water partition coefficient (Wildman–Crippen LogP) is 1.72. The van der Waals surface area contributed by atoms with E-state index >= 15 is 0 Å². The largest absolute Gasteiger partial charge is 0.310 e. The molecule has 2 nitrogen and oxygen atoms in total. The van der Waals surface area contributed by atoms with E-state index in [-0.39, 0.29) is 0 Å². The summed E-state index contributed by atoms with van der Waals surface area (Å²) in [5.41, 5.74) is 0.407. The third-order valence-electron chi connectivity index (χ3n) is 4.09. The fraction of sp³-hybridized carbons (Fsp3) is 1.00. The second kappa shape index (κ2) is 3.82. The first-order chi connectivity index (χ1) is 6.59. The van der Waals surface area contributed by atoms with Crippen LogP contribution in [-0.2, 0) is 0 Å². The Morgan fingerprint density at radius 3 is 2.43 bits per heavy atom. The fourth-order valence-corrected chi connectivity index (χ4v) is 2.96. The third-order valence-corrected chi connectivity index (χ3v) is 4.09. The summed E-state index contributed by atoms with van der Waals surface area (Å²) < 4.78 is 0. The Labute approximate surface area is 88.1 Å². The van der Waals surface area contributed by atoms with Gasteiger partial charge in [-0.15, -0.1) is 0 Å². The van der Waals surface area contributed by atoms with E-state index in [4.69, 9.17) is 0 Å². The van der Waals surface area contributed by atoms with E-state index in [0.29, 0.717) is 5.54 Å². The maximum atomic E-state index is 3.65. The van der Waals surface area contributed by atoms with Gasteiger partial charge in [-0.2, -0.15) is 0 Å². The van der Waals surface area contributed by atoms with Gasteiger partial charge in [-0.3, -0.25) is 0 Å². The van der Waals surface area contributed by atoms with Crippen LogP contribution in [0.5, 0.6) is 0 Å². The topological polar surface area (TPSA) is 15.3 Å². The quantitative estimate of drug-likeness (QED) is 0.723. The summed E-state index contributed by atoms with van der Waals surface area (Å²) >= 11 is 0. The molecule has 0 spiro atoms. The van der Waals surface area contributed by atoms with Gasteiger partial charge < -0.3 is 10.2 Å². The third kappa shape index (κ3) is 2.12. The van der Waals surface area contributed by atoms with Crippen LogP contribution in [0.4, 0.5) is 0 Å². The van der Waals surface area contributed by atoms with E-state index in [1.807, 2.05) is 0 Å². The molecule has 14 heavy (non-hydrogen) atoms. The molecule has 0 saturated carbocycles. The molecule has 0 aromatic heterocycles. The van der Waals surface area contributed by atoms with Crippen molar-refractivity contribution in [2.75, 3.05) is 26.2 Å². The first-order valence-electron chi connectivity index (χ1n) is 6.06. The smallest absolute Gasteiger partial charge is 0.0280 e. The number of likely N-dealkylation sites (tertiary alicyclic amines) is 1. The standard InChI is InChI=1S/C12H24N2/c1-10-7-14(8-11(10)2)9-12(3)5-4-6-13-12/h10-11,13H,4-9H2,1-3H3. The maximum Gasteiger partial charge on any atom is 0.0280 e. The second-order valence-corrected chi connectivity index (χ2v) is 5.74. The minimum Gasteiger partial charge on any atom is -0.310 e. The van der Waals surface area contributed by atoms with Crippen LogP contribution >= 0.6 is 0 Å². The highest BCUT2D eigenvalue weighted by Crippen LogP contribution is 2.26. The lowest BCUT2D eigenvalue weighted by molar-refractivity contribution is 0.232. The predicted molar refractivity (Wildman–Crippen MR) is 60.4 cm³/mol. The fourth-order valence-electron chi connectivity index (χ4n) is 2.96. The monoisotopic (exact) mass is 196 g/mol. The molecule has 2 fully saturated rings. The molecule has 82 valence electrons. The SMILES string of the molecule is CC1CN(CC2(C)CCCN2)CC1C. The Balaban J connectivity index is 1.86. The molecule has 3 unspecified atom stereocenters. The van der Waals surface area contributed by atoms with Gasteiger partial charge in [0.2, 0.25) is 0 Å². The van der Waals surface area contributed by atoms with E-state index in [1.54, 1.807) is 0 Å². The zero-order chi connectivity index (χ0) is 10.2. The van der Waals surface area contributed by atoms with Gasteiger partial charge in [0.15, 0.2) is 0 Å². The van der Waals surface area contributed by atoms with Crippen molar-refractivity contribution in [2.45, 2.75) is 39.2 Å². The molecule has 0 amide bonds. The van der Waals surface area contributed by atoms with Gasteiger partial charge in [-0.05, 0) is 38.1 Å². The van der Waals surface area contributed by atoms with Crippen LogP contribution in [0.3, 0.4) is 0 Å². The molecule has 2 aliphatic heterocycles. The lowest BCUT2D eigenvalue weighted by Crippen LogP contribution is -2.46. The van der Waals surface area contributed by atoms with Crippen LogP contribution < -0.4 is 5.32 Å². The van der Waals surface area contributed by atoms with Gasteiger partial charge in [-0.1, -0.05) is 13.8 Å². The van der Waals surface area contributed by atoms with Crippen LogP contribution in [0, 0.1) is 11.8 Å². The molecular formula is C12H24N2. The van der Waals surface area contributed by atoms with E-state index in [9.17, 15) is 0 Å². The van der Waals surface area contributed by atoms with Crippen molar-refractivity contribution >= 4 is 0 Å². The summed E-state index contributed by atoms with van der Waals surface area (Å²) in [5, 5.41) is 3.65. The molecule has 0 aromatic rings. The van der Waals surface area contributed by atoms with Gasteiger partial charge in [0.1, 0.15) is 0 Å². The lowest BCUT2D eigenvalue weighted by atomic mass is 10.00. The molecule has 2 aliphatic rings. The molecule has 2 heterocycles. The molecule has 2 saturated heterocycles. The Morgan fingerprint density at radius 2 is 1.93 bits per heavy atom. The van der Waals surface area contributed by atoms with Crippen molar-refractivity contribution in [1.82, 2.24) is 10.2 Å². The van der Waals surface area contributed by atoms with Crippen LogP contribution in [0.25, 0.3) is 0 Å². The Kier molecular flexibility index (Phi) is 2.85. The molecule has 3 atom stereocenters. The van der Waals surface area contributed by atoms with Gasteiger partial charge >= 0.3 is 0 Å². The second-order valence-electron chi connectivity index (χ2n) is 5.74. The molecule has 1 N–H and O–H groups in total. The molecule has 0 aliphatic carbocycles. The summed E-state index contributed by atoms with van der Waals surface area (Å²) in [5.74, 6) is 1.78. The lowest BCUT2D eigenvalue weighted by Gasteiger charge is -2.30. The molecular weight excluding hydrogens is 172 g/mol. The number of rotatable bonds is 2. The molecule has 0 radical (unpaired) electrons. The number of nitrogens with zero attached hydrogens (tertiary/aromatic N) is 1. The average molecular weight is 196 g/mol. The molecule has 2 heteroatoms. The number of hydrogen-bond donors (Lipinski definition) is 1. The summed E-state index contributed by atoms with van der Waals surface area (Å²) in [7, 11) is 0. The van der Waals surface area contributed by atoms with Crippen LogP contribution in [0.15, 0.2) is 0 Å². The summed E-state index contributed by atoms with van der Waals surface area (Å²) in [6.07, 6.45) is 2.71. The first kappa shape index (κ1) is 10.4. The van der Waals surface area contributed by atoms with Crippen molar-refractivity contribution in [3.8, 4) is 0 Å². The van der Waals surface area contributed by atoms with Crippen LogP contribution in [0.1, 0.15) is 33.6 Å². The highest BCUT2D eigenvalue weighted by atomic mass is 15.2. The van der Waals surface area contributed by atoms with E-state index in [0.717, 1.165) is 11.8 Å². The van der Waals surface area contributed by atoms with Crippen molar-refractivity contribution in [2.24, 2.45) is 11.8 Å². The van der Waals surface area contributed by atoms with Gasteiger partial charge in [0.25, 0.3) is 0 Å². The molecule has 2 rings (SSSR count). The van der Waals surface area contributed by atoms with Gasteiger partial charge in [0, 0.05) is 25.2 Å². The van der Waals surface area contributed by atoms with E-state index in [2.05, 4.69) is 31.0 Å². The zero-order valence-corrected chi connectivity index (χ0v) is 9.84. The summed E-state index contributed by atoms with van der Waals surface area (Å²) in [6, 6.07) is 0. The highest BCUT2D eigenvalue weighted by molar-refractivity contribution is 4.93. The molecule has 0 aromatic carbocycles. The molecule has 0 bridgehead atoms. The maximum absolute atomic E-state index is 3.65. The Bertz CT molecular complexity index is 186. The number of nitrogens with one attached hydrogen (secondary N) is 1. The van der Waals surface area contributed by atoms with Crippen molar-refractivity contribution in [3.05, 3.63) is 0 Å². The summed E-state index contributed by atoms with van der Waals surface area (Å²) in [6.45, 7) is 12.2. The van der Waals surface area contributed by atoms with E-state index in [1.165, 1.54) is 39.0 Å². The first-order valence-corrected chi connectivity index (χ1v) is 6.06. The zero-order valence-electron chi connectivity index (χ0n) is 9.84. The Hall–Kier alpha value is -0.0800. The minimum absolute atomic E-state index is 0.407. The van der Waals surface area contributed by atoms with Crippen molar-refractivity contribution in [1.29, 1.82) is 0 Å². The normalized spacial score (nSPS) is 44.8. The van der Waals surface area contributed by atoms with Crippen molar-refractivity contribution in [3.63, 3.8) is 0 Å². The van der Waals surface area contributed by atoms with Crippen LogP contribution in [-0.4, -0.2) is 36.6 Å². The summed E-state index contributed by atoms with van der Waals surface area (Å²) in [4.78, 5) is 2.65. The van der Waals surface area contributed by atoms with E-state index < -0.39 is 0 Å². The average Bonchev–Trinajstić information content (AvgIpc) is 2.62. The van der Waals surface area contributed by atoms with Gasteiger partial charge in [0.05, 0.1) is 0 Å². The van der Waals surface area contributed by atoms with Crippen LogP contribution in [0.2, 0.25) is 0 Å². The van der Waals surface area contributed by atoms with Gasteiger partial charge in [-0.25, -0.2) is 0 Å². The van der Waals surface area contributed by atoms with Crippen molar-refractivity contribution < 1.29 is 0 Å². The number of hydrogen-bond acceptors (Lipinski definition) is 2. The Morgan fingerprint density at radius 1 is 1.29 bits per heavy atom. The minimum atomic E-state index is 0.407. The highest BCUT2D eigenvalue weighted by Gasteiger charge is 2.34.